The standard InChI is InChI=1S/C12H23NO3/c1-12(2,15-3)6-7-16-11(14)9-13-8-10-4-5-10/h10,13H,4-9H2,1-3H3. The Hall–Kier alpha value is -0.610. The summed E-state index contributed by atoms with van der Waals surface area (Å²) in [4.78, 5) is 11.3. The predicted molar refractivity (Wildman–Crippen MR) is 62.3 cm³/mol. The molecule has 1 aliphatic carbocycles. The molecule has 0 aromatic carbocycles. The molecule has 4 heteroatoms. The van der Waals surface area contributed by atoms with Crippen LogP contribution in [0.3, 0.4) is 0 Å². The molecule has 0 atom stereocenters. The molecule has 1 rings (SSSR count). The second-order valence-electron chi connectivity index (χ2n) is 5.01. The molecule has 16 heavy (non-hydrogen) atoms. The molecule has 0 amide bonds. The molecule has 1 fully saturated rings. The molecule has 4 nitrogen and oxygen atoms in total. The van der Waals surface area contributed by atoms with Crippen LogP contribution < -0.4 is 5.32 Å². The Morgan fingerprint density at radius 2 is 2.12 bits per heavy atom. The summed E-state index contributed by atoms with van der Waals surface area (Å²) in [6.45, 7) is 5.64. The monoisotopic (exact) mass is 229 g/mol. The third-order valence-electron chi connectivity index (χ3n) is 2.92. The molecular weight excluding hydrogens is 206 g/mol. The zero-order valence-electron chi connectivity index (χ0n) is 10.5. The van der Waals surface area contributed by atoms with Gasteiger partial charge in [0.25, 0.3) is 0 Å². The fourth-order valence-corrected chi connectivity index (χ4v) is 1.26. The van der Waals surface area contributed by atoms with Crippen molar-refractivity contribution in [2.24, 2.45) is 5.92 Å². The maximum Gasteiger partial charge on any atom is 0.319 e. The van der Waals surface area contributed by atoms with E-state index in [-0.39, 0.29) is 11.6 Å². The van der Waals surface area contributed by atoms with E-state index in [1.807, 2.05) is 13.8 Å². The summed E-state index contributed by atoms with van der Waals surface area (Å²) in [6.07, 6.45) is 3.31. The number of esters is 1. The lowest BCUT2D eigenvalue weighted by atomic mass is 10.1. The third-order valence-corrected chi connectivity index (χ3v) is 2.92. The molecule has 0 bridgehead atoms. The van der Waals surface area contributed by atoms with Gasteiger partial charge in [0.05, 0.1) is 18.8 Å². The molecule has 0 aromatic rings. The first-order chi connectivity index (χ1) is 7.53. The fraction of sp³-hybridized carbons (Fsp3) is 0.917. The molecule has 1 N–H and O–H groups in total. The molecule has 1 saturated carbocycles. The average molecular weight is 229 g/mol. The van der Waals surface area contributed by atoms with Crippen molar-refractivity contribution in [2.75, 3.05) is 26.8 Å². The average Bonchev–Trinajstić information content (AvgIpc) is 3.01. The van der Waals surface area contributed by atoms with E-state index < -0.39 is 0 Å². The molecular formula is C12H23NO3. The summed E-state index contributed by atoms with van der Waals surface area (Å²) in [5, 5.41) is 3.10. The summed E-state index contributed by atoms with van der Waals surface area (Å²) in [6, 6.07) is 0. The molecule has 0 aliphatic heterocycles. The van der Waals surface area contributed by atoms with Crippen LogP contribution in [0.5, 0.6) is 0 Å². The van der Waals surface area contributed by atoms with E-state index in [0.717, 1.165) is 18.9 Å². The van der Waals surface area contributed by atoms with Crippen LogP contribution in [0.1, 0.15) is 33.1 Å². The van der Waals surface area contributed by atoms with Gasteiger partial charge >= 0.3 is 5.97 Å². The van der Waals surface area contributed by atoms with Crippen LogP contribution in [0.15, 0.2) is 0 Å². The Morgan fingerprint density at radius 1 is 1.44 bits per heavy atom. The van der Waals surface area contributed by atoms with Crippen LogP contribution in [0.2, 0.25) is 0 Å². The summed E-state index contributed by atoms with van der Waals surface area (Å²) in [5.41, 5.74) is -0.221. The molecule has 0 unspecified atom stereocenters. The van der Waals surface area contributed by atoms with E-state index in [0.29, 0.717) is 13.2 Å². The van der Waals surface area contributed by atoms with Gasteiger partial charge in [-0.15, -0.1) is 0 Å². The van der Waals surface area contributed by atoms with Gasteiger partial charge in [-0.3, -0.25) is 4.79 Å². The number of hydrogen-bond acceptors (Lipinski definition) is 4. The van der Waals surface area contributed by atoms with E-state index in [1.54, 1.807) is 7.11 Å². The van der Waals surface area contributed by atoms with Crippen molar-refractivity contribution in [3.05, 3.63) is 0 Å². The maximum absolute atomic E-state index is 11.3. The minimum absolute atomic E-state index is 0.174. The third kappa shape index (κ3) is 6.08. The lowest BCUT2D eigenvalue weighted by Crippen LogP contribution is -2.29. The van der Waals surface area contributed by atoms with Gasteiger partial charge < -0.3 is 14.8 Å². The molecule has 0 spiro atoms. The van der Waals surface area contributed by atoms with E-state index in [4.69, 9.17) is 9.47 Å². The van der Waals surface area contributed by atoms with Crippen LogP contribution in [-0.2, 0) is 14.3 Å². The Balaban J connectivity index is 1.96. The quantitative estimate of drug-likeness (QED) is 0.638. The zero-order valence-corrected chi connectivity index (χ0v) is 10.5. The number of nitrogens with one attached hydrogen (secondary N) is 1. The van der Waals surface area contributed by atoms with Crippen molar-refractivity contribution < 1.29 is 14.3 Å². The summed E-state index contributed by atoms with van der Waals surface area (Å²) >= 11 is 0. The summed E-state index contributed by atoms with van der Waals surface area (Å²) in [7, 11) is 1.67. The molecule has 1 aliphatic rings. The SMILES string of the molecule is COC(C)(C)CCOC(=O)CNCC1CC1. The van der Waals surface area contributed by atoms with Gasteiger partial charge in [-0.1, -0.05) is 0 Å². The first kappa shape index (κ1) is 13.5. The molecule has 0 aromatic heterocycles. The number of rotatable bonds is 8. The summed E-state index contributed by atoms with van der Waals surface area (Å²) < 4.78 is 10.3. The Morgan fingerprint density at radius 3 is 2.69 bits per heavy atom. The first-order valence-corrected chi connectivity index (χ1v) is 5.95. The van der Waals surface area contributed by atoms with Crippen LogP contribution in [-0.4, -0.2) is 38.4 Å². The van der Waals surface area contributed by atoms with E-state index in [2.05, 4.69) is 5.32 Å². The van der Waals surface area contributed by atoms with Crippen molar-refractivity contribution in [3.8, 4) is 0 Å². The van der Waals surface area contributed by atoms with E-state index in [9.17, 15) is 4.79 Å². The smallest absolute Gasteiger partial charge is 0.319 e. The lowest BCUT2D eigenvalue weighted by molar-refractivity contribution is -0.144. The minimum atomic E-state index is -0.221. The maximum atomic E-state index is 11.3. The first-order valence-electron chi connectivity index (χ1n) is 5.95. The van der Waals surface area contributed by atoms with Gasteiger partial charge in [-0.2, -0.15) is 0 Å². The molecule has 0 heterocycles. The van der Waals surface area contributed by atoms with Crippen molar-refractivity contribution in [1.29, 1.82) is 0 Å². The Kier molecular flexibility index (Phi) is 5.22. The van der Waals surface area contributed by atoms with Crippen LogP contribution >= 0.6 is 0 Å². The van der Waals surface area contributed by atoms with Gasteiger partial charge in [0, 0.05) is 13.5 Å². The zero-order chi connectivity index (χ0) is 12.0. The largest absolute Gasteiger partial charge is 0.465 e. The van der Waals surface area contributed by atoms with Crippen LogP contribution in [0.25, 0.3) is 0 Å². The highest BCUT2D eigenvalue weighted by Gasteiger charge is 2.21. The van der Waals surface area contributed by atoms with Gasteiger partial charge in [0.2, 0.25) is 0 Å². The second-order valence-corrected chi connectivity index (χ2v) is 5.01. The van der Waals surface area contributed by atoms with E-state index >= 15 is 0 Å². The highest BCUT2D eigenvalue weighted by Crippen LogP contribution is 2.27. The van der Waals surface area contributed by atoms with Crippen LogP contribution in [0, 0.1) is 5.92 Å². The highest BCUT2D eigenvalue weighted by atomic mass is 16.5. The minimum Gasteiger partial charge on any atom is -0.465 e. The topological polar surface area (TPSA) is 47.6 Å². The lowest BCUT2D eigenvalue weighted by Gasteiger charge is -2.22. The van der Waals surface area contributed by atoms with Gasteiger partial charge in [0.1, 0.15) is 0 Å². The van der Waals surface area contributed by atoms with Crippen LogP contribution in [0.4, 0.5) is 0 Å². The fourth-order valence-electron chi connectivity index (χ4n) is 1.26. The van der Waals surface area contributed by atoms with Crippen molar-refractivity contribution >= 4 is 5.97 Å². The normalized spacial score (nSPS) is 16.2. The second kappa shape index (κ2) is 6.21. The number of hydrogen-bond donors (Lipinski definition) is 1. The number of carbonyl (C=O) groups excluding carboxylic acids is 1. The molecule has 94 valence electrons. The molecule has 0 saturated heterocycles. The number of methoxy groups -OCH3 is 1. The highest BCUT2D eigenvalue weighted by molar-refractivity contribution is 5.71. The van der Waals surface area contributed by atoms with Gasteiger partial charge in [0.15, 0.2) is 0 Å². The van der Waals surface area contributed by atoms with Crippen molar-refractivity contribution in [3.63, 3.8) is 0 Å². The van der Waals surface area contributed by atoms with Gasteiger partial charge in [-0.25, -0.2) is 0 Å². The Bertz CT molecular complexity index is 224. The predicted octanol–water partition coefficient (Wildman–Crippen LogP) is 1.34. The van der Waals surface area contributed by atoms with E-state index in [1.165, 1.54) is 12.8 Å². The van der Waals surface area contributed by atoms with Crippen molar-refractivity contribution in [1.82, 2.24) is 5.32 Å². The number of ether oxygens (including phenoxy) is 2. The summed E-state index contributed by atoms with van der Waals surface area (Å²) in [5.74, 6) is 0.618. The van der Waals surface area contributed by atoms with Crippen molar-refractivity contribution in [2.45, 2.75) is 38.7 Å². The van der Waals surface area contributed by atoms with Gasteiger partial charge in [-0.05, 0) is 39.2 Å². The Labute approximate surface area is 97.7 Å². The number of carbonyl (C=O) groups is 1. The molecule has 0 radical (unpaired) electrons.